The van der Waals surface area contributed by atoms with Gasteiger partial charge in [-0.05, 0) is 172 Å². The zero-order valence-corrected chi connectivity index (χ0v) is 84.4. The third-order valence-corrected chi connectivity index (χ3v) is 23.3. The number of phenols is 3. The summed E-state index contributed by atoms with van der Waals surface area (Å²) in [5, 5.41) is 113. The van der Waals surface area contributed by atoms with Crippen molar-refractivity contribution in [3.63, 3.8) is 0 Å². The zero-order chi connectivity index (χ0) is 106. The smallest absolute Gasteiger partial charge is 0.326 e. The van der Waals surface area contributed by atoms with Crippen molar-refractivity contribution < 1.29 is 122 Å². The van der Waals surface area contributed by atoms with E-state index in [0.29, 0.717) is 22.3 Å². The SMILES string of the molecule is CSCC[C@H](NC(=O)[C@@H](NC(=O)[C@H](CC(C)C)NC(=O)[C@H](CC(=O)O)NC(=O)[C@H](C)NC(=O)[C@H](CC(C)C)NC(=O)[C@@H](NC(=O)[C@H](Cc1ccc(O)cc1)NC(=O)[C@H](Cc1ccc(O)cc1)NC(=O)[C@@H](NC(=O)[C@H](C)NC(=O)[C@@H](N)[C@@H](C)O)C(C)C)C(C)C)C(C)C)C(=O)N[C@@H](CC(C)C)C(=O)N[C@H](C(=O)N[C@@H](CC(C)C)C(=O)N[C@@H](Cc1ccc(O)cc1)C(=O)N[C@@H](Cc1ccccc1)C(=O)O)[C@@H](C)O. The molecular weight excluding hydrogens is 1850 g/mol. The number of aromatic hydroxyl groups is 3. The van der Waals surface area contributed by atoms with Crippen molar-refractivity contribution >= 4 is 118 Å². The number of benzene rings is 4. The third kappa shape index (κ3) is 42.1. The predicted molar refractivity (Wildman–Crippen MR) is 524 cm³/mol. The summed E-state index contributed by atoms with van der Waals surface area (Å²) in [7, 11) is 0. The van der Waals surface area contributed by atoms with Crippen LogP contribution < -0.4 is 90.8 Å². The first kappa shape index (κ1) is 120. The summed E-state index contributed by atoms with van der Waals surface area (Å²) in [5.41, 5.74) is 7.59. The Kier molecular flexibility index (Phi) is 50.2. The molecule has 141 heavy (non-hydrogen) atoms. The molecule has 0 fully saturated rings. The number of phenolic OH excluding ortho intramolecular Hbond substituents is 3. The number of nitrogens with two attached hydrogens (primary N) is 1. The van der Waals surface area contributed by atoms with E-state index in [9.17, 15) is 122 Å². The molecule has 780 valence electrons. The van der Waals surface area contributed by atoms with Crippen LogP contribution in [-0.4, -0.2) is 269 Å². The van der Waals surface area contributed by atoms with Gasteiger partial charge in [-0.15, -0.1) is 0 Å². The second kappa shape index (κ2) is 58.9. The Morgan fingerprint density at radius 3 is 0.858 bits per heavy atom. The van der Waals surface area contributed by atoms with Crippen molar-refractivity contribution in [3.8, 4) is 17.2 Å². The number of hydrogen-bond donors (Lipinski definition) is 24. The maximum absolute atomic E-state index is 14.9. The average Bonchev–Trinajstić information content (AvgIpc) is 0.828. The topological polar surface area (TPSA) is 667 Å². The molecule has 4 aromatic carbocycles. The van der Waals surface area contributed by atoms with Gasteiger partial charge < -0.3 is 127 Å². The molecule has 43 heteroatoms. The number of carboxylic acids is 2. The molecule has 0 heterocycles. The first-order valence-corrected chi connectivity index (χ1v) is 48.7. The van der Waals surface area contributed by atoms with Gasteiger partial charge in [0.2, 0.25) is 94.5 Å². The lowest BCUT2D eigenvalue weighted by Crippen LogP contribution is -2.62. The van der Waals surface area contributed by atoms with Crippen molar-refractivity contribution in [2.24, 2.45) is 47.2 Å². The second-order valence-corrected chi connectivity index (χ2v) is 39.3. The number of aliphatic carboxylic acids is 2. The van der Waals surface area contributed by atoms with E-state index < -0.39 is 251 Å². The van der Waals surface area contributed by atoms with Crippen LogP contribution >= 0.6 is 11.8 Å². The van der Waals surface area contributed by atoms with Gasteiger partial charge in [-0.1, -0.05) is 164 Å². The minimum atomic E-state index is -1.94. The summed E-state index contributed by atoms with van der Waals surface area (Å²) >= 11 is 1.30. The van der Waals surface area contributed by atoms with E-state index in [1.807, 2.05) is 0 Å². The van der Waals surface area contributed by atoms with Gasteiger partial charge in [0.05, 0.1) is 18.6 Å². The lowest BCUT2D eigenvalue weighted by atomic mass is 9.98. The van der Waals surface area contributed by atoms with Crippen molar-refractivity contribution in [1.82, 2.24) is 85.1 Å². The molecule has 0 aliphatic carbocycles. The number of carbonyl (C=O) groups is 18. The van der Waals surface area contributed by atoms with Gasteiger partial charge in [-0.2, -0.15) is 11.8 Å². The fourth-order valence-corrected chi connectivity index (χ4v) is 15.2. The van der Waals surface area contributed by atoms with Crippen LogP contribution in [0.2, 0.25) is 0 Å². The number of carboxylic acid groups (broad SMARTS) is 2. The summed E-state index contributed by atoms with van der Waals surface area (Å²) in [4.78, 5) is 254. The van der Waals surface area contributed by atoms with Gasteiger partial charge in [0.25, 0.3) is 0 Å². The number of hydrogen-bond acceptors (Lipinski definition) is 25. The summed E-state index contributed by atoms with van der Waals surface area (Å²) < 4.78 is 0. The number of thioether (sulfide) groups is 1. The monoisotopic (exact) mass is 1990 g/mol. The van der Waals surface area contributed by atoms with Crippen molar-refractivity contribution in [2.45, 2.75) is 304 Å². The predicted octanol–water partition coefficient (Wildman–Crippen LogP) is 0.424. The van der Waals surface area contributed by atoms with E-state index in [0.717, 1.165) is 0 Å². The van der Waals surface area contributed by atoms with Gasteiger partial charge >= 0.3 is 11.9 Å². The molecule has 16 amide bonds. The Morgan fingerprint density at radius 1 is 0.277 bits per heavy atom. The average molecular weight is 2000 g/mol. The van der Waals surface area contributed by atoms with E-state index in [2.05, 4.69) is 85.1 Å². The standard InChI is InChI=1S/C98H147N17O25S/c1-48(2)39-67(108-96(137)80(54(13)14)114-92(133)73(45-62-29-35-65(120)36-30-62)107-87(128)72(44-61-27-33-64(119)34-28-61)110-95(136)78(52(9)10)112-83(124)56(16)101-93(134)77(99)57(17)116)85(126)100-55(15)82(123)103-74(47-76(121)122)89(130)105-69(41-50(5)6)90(131)113-79(53(11)12)94(135)102-66(37-38-141-19)84(125)104-70(42-51(7)8)91(132)115-81(58(18)117)97(138)109-68(40-49(3)4)86(127)106-71(43-60-25-31-63(118)32-26-60)88(129)111-75(98(139)140)46-59-23-21-20-22-24-59/h20-36,48-58,66-75,77-81,116-120H,37-47,99H2,1-19H3,(H,100,126)(H,101,134)(H,102,135)(H,103,123)(H,104,125)(H,105,130)(H,106,127)(H,107,128)(H,108,137)(H,109,138)(H,110,136)(H,111,129)(H,112,124)(H,113,131)(H,114,133)(H,115,132)(H,121,122)(H,139,140)/t55-,56-,57+,58+,66-,67-,68-,69-,70-,71-,72-,73-,74-,75-,77-,78-,79-,80-,81-/m0/s1. The van der Waals surface area contributed by atoms with Gasteiger partial charge in [-0.3, -0.25) is 81.5 Å². The largest absolute Gasteiger partial charge is 0.508 e. The number of carbonyl (C=O) groups excluding carboxylic acids is 16. The van der Waals surface area contributed by atoms with E-state index in [1.165, 1.54) is 112 Å². The van der Waals surface area contributed by atoms with Gasteiger partial charge in [0, 0.05) is 25.7 Å². The Balaban J connectivity index is 1.55. The normalized spacial score (nSPS) is 15.5. The zero-order valence-electron chi connectivity index (χ0n) is 83.6. The molecule has 0 bridgehead atoms. The molecule has 4 aromatic rings. The van der Waals surface area contributed by atoms with Crippen molar-refractivity contribution in [3.05, 3.63) is 125 Å². The van der Waals surface area contributed by atoms with Crippen LogP contribution in [0.5, 0.6) is 17.2 Å². The summed E-state index contributed by atoms with van der Waals surface area (Å²) in [6, 6.07) is -0.249. The quantitative estimate of drug-likeness (QED) is 0.0285. The first-order chi connectivity index (χ1) is 66.0. The fourth-order valence-electron chi connectivity index (χ4n) is 14.7. The molecule has 25 N–H and O–H groups in total. The minimum Gasteiger partial charge on any atom is -0.508 e. The molecule has 42 nitrogen and oxygen atoms in total. The van der Waals surface area contributed by atoms with Crippen LogP contribution in [0.1, 0.15) is 185 Å². The molecule has 0 radical (unpaired) electrons. The highest BCUT2D eigenvalue weighted by atomic mass is 32.2. The minimum absolute atomic E-state index is 0.0554. The highest BCUT2D eigenvalue weighted by Crippen LogP contribution is 2.21. The Bertz CT molecular complexity index is 4850. The van der Waals surface area contributed by atoms with Gasteiger partial charge in [-0.25, -0.2) is 4.79 Å². The summed E-state index contributed by atoms with van der Waals surface area (Å²) in [5.74, 6) is -21.9. The number of nitrogens with one attached hydrogen (secondary N) is 16. The molecule has 0 saturated heterocycles. The van der Waals surface area contributed by atoms with E-state index >= 15 is 0 Å². The number of aliphatic hydroxyl groups is 2. The molecule has 19 atom stereocenters. The van der Waals surface area contributed by atoms with Crippen molar-refractivity contribution in [2.75, 3.05) is 12.0 Å². The lowest BCUT2D eigenvalue weighted by molar-refractivity contribution is -0.142. The van der Waals surface area contributed by atoms with Crippen LogP contribution in [0.25, 0.3) is 0 Å². The fraction of sp³-hybridized carbons (Fsp3) is 0.571. The Labute approximate surface area is 826 Å². The summed E-state index contributed by atoms with van der Waals surface area (Å²) in [6.07, 6.45) is -3.58. The summed E-state index contributed by atoms with van der Waals surface area (Å²) in [6.45, 7) is 28.2. The Morgan fingerprint density at radius 2 is 0.525 bits per heavy atom. The lowest BCUT2D eigenvalue weighted by Gasteiger charge is -2.30. The van der Waals surface area contributed by atoms with Crippen molar-refractivity contribution in [1.29, 1.82) is 0 Å². The molecule has 0 aliphatic heterocycles. The molecule has 0 spiro atoms. The first-order valence-electron chi connectivity index (χ1n) is 47.3. The maximum atomic E-state index is 14.9. The maximum Gasteiger partial charge on any atom is 0.326 e. The molecule has 0 aliphatic rings. The van der Waals surface area contributed by atoms with Crippen LogP contribution in [0.15, 0.2) is 103 Å². The highest BCUT2D eigenvalue weighted by molar-refractivity contribution is 7.98. The molecule has 4 rings (SSSR count). The third-order valence-electron chi connectivity index (χ3n) is 22.7. The highest BCUT2D eigenvalue weighted by Gasteiger charge is 2.42. The molecule has 0 saturated carbocycles. The van der Waals surface area contributed by atoms with E-state index in [1.54, 1.807) is 134 Å². The van der Waals surface area contributed by atoms with E-state index in [4.69, 9.17) is 5.73 Å². The Hall–Kier alpha value is -13.0. The molecule has 0 aromatic heterocycles. The van der Waals surface area contributed by atoms with Crippen LogP contribution in [-0.2, 0) is 112 Å². The van der Waals surface area contributed by atoms with Gasteiger partial charge in [0.1, 0.15) is 120 Å². The molecular formula is C98H147N17O25S. The number of rotatable bonds is 59. The van der Waals surface area contributed by atoms with Crippen LogP contribution in [0.3, 0.4) is 0 Å². The van der Waals surface area contributed by atoms with Gasteiger partial charge in [0.15, 0.2) is 0 Å². The second-order valence-electron chi connectivity index (χ2n) is 38.3. The molecule has 0 unspecified atom stereocenters. The van der Waals surface area contributed by atoms with Crippen LogP contribution in [0, 0.1) is 41.4 Å². The number of amides is 16. The number of aliphatic hydroxyl groups excluding tert-OH is 2. The van der Waals surface area contributed by atoms with E-state index in [-0.39, 0.29) is 98.5 Å². The van der Waals surface area contributed by atoms with Crippen LogP contribution in [0.4, 0.5) is 0 Å².